The Balaban J connectivity index is 1.49. The molecule has 0 amide bonds. The standard InChI is InChI=1S/C13H21N3OS2/c1-2-6-14-10(3-1)4-5-12-15-13(16-17-12)11-9-18-7-8-19-11/h10-11,14H,1-9H2. The first kappa shape index (κ1) is 13.8. The Hall–Kier alpha value is -0.200. The molecule has 1 aromatic rings. The molecule has 1 N–H and O–H groups in total. The molecule has 2 aliphatic rings. The van der Waals surface area contributed by atoms with Crippen LogP contribution in [0, 0.1) is 0 Å². The van der Waals surface area contributed by atoms with Crippen molar-refractivity contribution in [3.8, 4) is 0 Å². The zero-order valence-corrected chi connectivity index (χ0v) is 12.8. The largest absolute Gasteiger partial charge is 0.339 e. The summed E-state index contributed by atoms with van der Waals surface area (Å²) in [7, 11) is 0. The quantitative estimate of drug-likeness (QED) is 0.922. The molecule has 0 saturated carbocycles. The van der Waals surface area contributed by atoms with Gasteiger partial charge < -0.3 is 9.84 Å². The summed E-state index contributed by atoms with van der Waals surface area (Å²) in [6, 6.07) is 0.642. The van der Waals surface area contributed by atoms with Gasteiger partial charge in [-0.05, 0) is 25.8 Å². The first-order valence-corrected chi connectivity index (χ1v) is 9.37. The minimum absolute atomic E-state index is 0.434. The van der Waals surface area contributed by atoms with Gasteiger partial charge in [-0.3, -0.25) is 0 Å². The second-order valence-electron chi connectivity index (χ2n) is 5.17. The van der Waals surface area contributed by atoms with Crippen LogP contribution in [0.5, 0.6) is 0 Å². The van der Waals surface area contributed by atoms with Gasteiger partial charge in [0.15, 0.2) is 5.82 Å². The number of nitrogens with zero attached hydrogens (tertiary/aromatic N) is 2. The molecule has 2 aliphatic heterocycles. The number of aryl methyl sites for hydroxylation is 1. The van der Waals surface area contributed by atoms with E-state index < -0.39 is 0 Å². The van der Waals surface area contributed by atoms with Gasteiger partial charge in [0.1, 0.15) is 0 Å². The third-order valence-corrected chi connectivity index (χ3v) is 6.46. The van der Waals surface area contributed by atoms with Gasteiger partial charge in [-0.25, -0.2) is 0 Å². The van der Waals surface area contributed by atoms with Gasteiger partial charge in [-0.2, -0.15) is 16.7 Å². The molecule has 3 heterocycles. The van der Waals surface area contributed by atoms with Crippen molar-refractivity contribution >= 4 is 23.5 Å². The van der Waals surface area contributed by atoms with E-state index in [4.69, 9.17) is 4.52 Å². The monoisotopic (exact) mass is 299 g/mol. The molecule has 0 spiro atoms. The summed E-state index contributed by atoms with van der Waals surface area (Å²) in [6.07, 6.45) is 5.99. The van der Waals surface area contributed by atoms with E-state index in [2.05, 4.69) is 15.5 Å². The van der Waals surface area contributed by atoms with Crippen molar-refractivity contribution < 1.29 is 4.52 Å². The molecule has 0 bridgehead atoms. The van der Waals surface area contributed by atoms with Gasteiger partial charge in [0, 0.05) is 29.7 Å². The van der Waals surface area contributed by atoms with Crippen molar-refractivity contribution in [1.82, 2.24) is 15.5 Å². The molecular formula is C13H21N3OS2. The zero-order chi connectivity index (χ0) is 12.9. The number of aromatic nitrogens is 2. The first-order valence-electron chi connectivity index (χ1n) is 7.17. The third kappa shape index (κ3) is 3.89. The van der Waals surface area contributed by atoms with E-state index in [0.29, 0.717) is 11.3 Å². The summed E-state index contributed by atoms with van der Waals surface area (Å²) in [5.41, 5.74) is 0. The Labute approximate surface area is 122 Å². The molecule has 0 aromatic carbocycles. The Morgan fingerprint density at radius 1 is 1.32 bits per heavy atom. The number of nitrogens with one attached hydrogen (secondary N) is 1. The highest BCUT2D eigenvalue weighted by Crippen LogP contribution is 2.35. The fourth-order valence-electron chi connectivity index (χ4n) is 2.61. The SMILES string of the molecule is C1CCC(CCc2nc(C3CSCCS3)no2)NC1. The van der Waals surface area contributed by atoms with Crippen molar-refractivity contribution in [1.29, 1.82) is 0 Å². The van der Waals surface area contributed by atoms with Crippen molar-refractivity contribution in [2.24, 2.45) is 0 Å². The van der Waals surface area contributed by atoms with Gasteiger partial charge in [-0.1, -0.05) is 11.6 Å². The van der Waals surface area contributed by atoms with E-state index >= 15 is 0 Å². The average molecular weight is 299 g/mol. The molecule has 4 nitrogen and oxygen atoms in total. The molecule has 1 aromatic heterocycles. The van der Waals surface area contributed by atoms with Gasteiger partial charge in [0.25, 0.3) is 0 Å². The van der Waals surface area contributed by atoms with Gasteiger partial charge in [0.2, 0.25) is 5.89 Å². The van der Waals surface area contributed by atoms with E-state index in [9.17, 15) is 0 Å². The highest BCUT2D eigenvalue weighted by Gasteiger charge is 2.22. The van der Waals surface area contributed by atoms with Crippen molar-refractivity contribution in [2.45, 2.75) is 43.4 Å². The molecule has 3 rings (SSSR count). The maximum Gasteiger partial charge on any atom is 0.226 e. The Morgan fingerprint density at radius 3 is 3.11 bits per heavy atom. The van der Waals surface area contributed by atoms with Crippen LogP contribution in [-0.2, 0) is 6.42 Å². The molecule has 6 heteroatoms. The van der Waals surface area contributed by atoms with Gasteiger partial charge >= 0.3 is 0 Å². The zero-order valence-electron chi connectivity index (χ0n) is 11.1. The van der Waals surface area contributed by atoms with E-state index in [1.807, 2.05) is 23.5 Å². The second kappa shape index (κ2) is 6.99. The van der Waals surface area contributed by atoms with E-state index in [0.717, 1.165) is 36.9 Å². The van der Waals surface area contributed by atoms with Crippen LogP contribution in [0.2, 0.25) is 0 Å². The first-order chi connectivity index (χ1) is 9.42. The van der Waals surface area contributed by atoms with Crippen LogP contribution in [0.3, 0.4) is 0 Å². The summed E-state index contributed by atoms with van der Waals surface area (Å²) in [5, 5.41) is 8.16. The molecule has 2 fully saturated rings. The number of rotatable bonds is 4. The molecule has 106 valence electrons. The molecule has 0 radical (unpaired) electrons. The lowest BCUT2D eigenvalue weighted by Gasteiger charge is -2.22. The predicted octanol–water partition coefficient (Wildman–Crippen LogP) is 2.67. The normalized spacial score (nSPS) is 28.4. The fourth-order valence-corrected chi connectivity index (χ4v) is 5.19. The lowest BCUT2D eigenvalue weighted by molar-refractivity contribution is 0.340. The van der Waals surface area contributed by atoms with Crippen LogP contribution in [0.25, 0.3) is 0 Å². The highest BCUT2D eigenvalue weighted by atomic mass is 32.2. The van der Waals surface area contributed by atoms with Crippen molar-refractivity contribution in [2.75, 3.05) is 23.8 Å². The Kier molecular flexibility index (Phi) is 5.07. The summed E-state index contributed by atoms with van der Waals surface area (Å²) in [5.74, 6) is 5.29. The van der Waals surface area contributed by atoms with Crippen LogP contribution in [0.1, 0.15) is 42.6 Å². The minimum Gasteiger partial charge on any atom is -0.339 e. The Bertz CT molecular complexity index is 387. The van der Waals surface area contributed by atoms with Crippen LogP contribution in [0.4, 0.5) is 0 Å². The van der Waals surface area contributed by atoms with Crippen molar-refractivity contribution in [3.63, 3.8) is 0 Å². The number of thioether (sulfide) groups is 2. The minimum atomic E-state index is 0.434. The van der Waals surface area contributed by atoms with Crippen LogP contribution < -0.4 is 5.32 Å². The van der Waals surface area contributed by atoms with E-state index in [1.54, 1.807) is 0 Å². The lowest BCUT2D eigenvalue weighted by atomic mass is 10.0. The highest BCUT2D eigenvalue weighted by molar-refractivity contribution is 8.06. The topological polar surface area (TPSA) is 51.0 Å². The van der Waals surface area contributed by atoms with E-state index in [-0.39, 0.29) is 0 Å². The molecule has 2 saturated heterocycles. The lowest BCUT2D eigenvalue weighted by Crippen LogP contribution is -2.34. The van der Waals surface area contributed by atoms with Crippen molar-refractivity contribution in [3.05, 3.63) is 11.7 Å². The maximum atomic E-state index is 5.40. The van der Waals surface area contributed by atoms with Gasteiger partial charge in [0.05, 0.1) is 5.25 Å². The average Bonchev–Trinajstić information content (AvgIpc) is 2.96. The maximum absolute atomic E-state index is 5.40. The second-order valence-corrected chi connectivity index (χ2v) is 7.63. The predicted molar refractivity (Wildman–Crippen MR) is 80.8 cm³/mol. The third-order valence-electron chi connectivity index (χ3n) is 3.71. The number of hydrogen-bond donors (Lipinski definition) is 1. The molecular weight excluding hydrogens is 278 g/mol. The molecule has 0 aliphatic carbocycles. The fraction of sp³-hybridized carbons (Fsp3) is 0.846. The summed E-state index contributed by atoms with van der Waals surface area (Å²) in [6.45, 7) is 1.16. The van der Waals surface area contributed by atoms with Crippen LogP contribution in [-0.4, -0.2) is 40.0 Å². The summed E-state index contributed by atoms with van der Waals surface area (Å²) < 4.78 is 5.40. The molecule has 2 unspecified atom stereocenters. The van der Waals surface area contributed by atoms with Crippen LogP contribution in [0.15, 0.2) is 4.52 Å². The number of hydrogen-bond acceptors (Lipinski definition) is 6. The smallest absolute Gasteiger partial charge is 0.226 e. The van der Waals surface area contributed by atoms with E-state index in [1.165, 1.54) is 30.8 Å². The molecule has 19 heavy (non-hydrogen) atoms. The molecule has 2 atom stereocenters. The van der Waals surface area contributed by atoms with Gasteiger partial charge in [-0.15, -0.1) is 11.8 Å². The summed E-state index contributed by atoms with van der Waals surface area (Å²) >= 11 is 3.95. The number of piperidine rings is 1. The summed E-state index contributed by atoms with van der Waals surface area (Å²) in [4.78, 5) is 4.58. The Morgan fingerprint density at radius 2 is 2.32 bits per heavy atom. The van der Waals surface area contributed by atoms with Crippen LogP contribution >= 0.6 is 23.5 Å².